The van der Waals surface area contributed by atoms with Gasteiger partial charge in [-0.1, -0.05) is 77.7 Å². The third-order valence-corrected chi connectivity index (χ3v) is 5.30. The summed E-state index contributed by atoms with van der Waals surface area (Å²) in [5.41, 5.74) is 0. The van der Waals surface area contributed by atoms with Crippen molar-refractivity contribution in [3.05, 3.63) is 12.7 Å². The summed E-state index contributed by atoms with van der Waals surface area (Å²) < 4.78 is 0.949. The van der Waals surface area contributed by atoms with Crippen LogP contribution in [0.2, 0.25) is 0 Å². The van der Waals surface area contributed by atoms with Crippen molar-refractivity contribution in [2.45, 2.75) is 90.4 Å². The van der Waals surface area contributed by atoms with Gasteiger partial charge in [0.2, 0.25) is 5.91 Å². The average Bonchev–Trinajstić information content (AvgIpc) is 2.59. The summed E-state index contributed by atoms with van der Waals surface area (Å²) in [7, 11) is 6.39. The van der Waals surface area contributed by atoms with Crippen molar-refractivity contribution >= 4 is 5.91 Å². The van der Waals surface area contributed by atoms with Gasteiger partial charge in [0.05, 0.1) is 27.2 Å². The highest BCUT2D eigenvalue weighted by Gasteiger charge is 2.14. The molecular weight excluding hydrogens is 400 g/mol. The van der Waals surface area contributed by atoms with Crippen molar-refractivity contribution in [3.8, 4) is 0 Å². The molecule has 0 fully saturated rings. The molecule has 0 saturated heterocycles. The van der Waals surface area contributed by atoms with Crippen LogP contribution in [0.3, 0.4) is 0 Å². The lowest BCUT2D eigenvalue weighted by molar-refractivity contribution is -0.884. The van der Waals surface area contributed by atoms with Crippen LogP contribution in [0, 0.1) is 0 Å². The molecule has 1 amide bonds. The van der Waals surface area contributed by atoms with Crippen LogP contribution in [-0.2, 0) is 4.79 Å². The minimum Gasteiger partial charge on any atom is -1.00 e. The maximum Gasteiger partial charge on any atom is 0.222 e. The minimum atomic E-state index is 0. The van der Waals surface area contributed by atoms with E-state index in [1.807, 2.05) is 18.0 Å². The van der Waals surface area contributed by atoms with Gasteiger partial charge >= 0.3 is 0 Å². The molecule has 0 heterocycles. The van der Waals surface area contributed by atoms with Crippen LogP contribution in [-0.4, -0.2) is 56.1 Å². The molecule has 0 radical (unpaired) electrons. The third-order valence-electron chi connectivity index (χ3n) is 5.30. The van der Waals surface area contributed by atoms with Crippen LogP contribution in [0.15, 0.2) is 12.7 Å². The highest BCUT2D eigenvalue weighted by Crippen LogP contribution is 2.12. The summed E-state index contributed by atoms with van der Waals surface area (Å²) in [4.78, 5) is 14.1. The predicted molar refractivity (Wildman–Crippen MR) is 115 cm³/mol. The Bertz CT molecular complexity index is 358. The highest BCUT2D eigenvalue weighted by molar-refractivity contribution is 5.75. The third kappa shape index (κ3) is 18.8. The lowest BCUT2D eigenvalue weighted by atomic mass is 10.1. The first-order valence-corrected chi connectivity index (χ1v) is 11.1. The molecule has 4 heteroatoms. The Morgan fingerprint density at radius 1 is 0.889 bits per heavy atom. The van der Waals surface area contributed by atoms with Crippen molar-refractivity contribution < 1.29 is 26.3 Å². The summed E-state index contributed by atoms with van der Waals surface area (Å²) in [6, 6.07) is 0. The van der Waals surface area contributed by atoms with Crippen LogP contribution in [0.5, 0.6) is 0 Å². The average molecular weight is 448 g/mol. The number of unbranched alkanes of at least 4 members (excludes halogenated alkanes) is 10. The van der Waals surface area contributed by atoms with Crippen molar-refractivity contribution in [3.63, 3.8) is 0 Å². The Hall–Kier alpha value is -0.350. The molecule has 0 aromatic rings. The topological polar surface area (TPSA) is 20.3 Å². The molecule has 3 nitrogen and oxygen atoms in total. The van der Waals surface area contributed by atoms with E-state index in [2.05, 4.69) is 27.6 Å². The normalized spacial score (nSPS) is 11.1. The predicted octanol–water partition coefficient (Wildman–Crippen LogP) is 2.80. The largest absolute Gasteiger partial charge is 1.00 e. The van der Waals surface area contributed by atoms with Crippen molar-refractivity contribution in [1.29, 1.82) is 0 Å². The zero-order chi connectivity index (χ0) is 19.7. The van der Waals surface area contributed by atoms with Gasteiger partial charge in [-0.3, -0.25) is 4.79 Å². The number of carbonyl (C=O) groups excluding carboxylic acids is 1. The van der Waals surface area contributed by atoms with Gasteiger partial charge in [-0.05, 0) is 12.5 Å². The maximum atomic E-state index is 12.2. The maximum absolute atomic E-state index is 12.2. The Morgan fingerprint density at radius 3 is 1.85 bits per heavy atom. The lowest BCUT2D eigenvalue weighted by Gasteiger charge is -2.29. The van der Waals surface area contributed by atoms with Gasteiger partial charge in [0.25, 0.3) is 0 Å². The molecule has 0 aromatic heterocycles. The fraction of sp³-hybridized carbons (Fsp3) is 0.870. The first-order chi connectivity index (χ1) is 12.4. The van der Waals surface area contributed by atoms with E-state index >= 15 is 0 Å². The molecule has 0 rings (SSSR count). The molecule has 0 saturated carbocycles. The number of rotatable bonds is 18. The molecule has 0 aliphatic heterocycles. The van der Waals surface area contributed by atoms with E-state index in [1.165, 1.54) is 64.2 Å². The molecule has 0 spiro atoms. The second-order valence-corrected chi connectivity index (χ2v) is 8.58. The van der Waals surface area contributed by atoms with E-state index in [0.717, 1.165) is 43.4 Å². The second kappa shape index (κ2) is 19.0. The molecule has 0 unspecified atom stereocenters. The van der Waals surface area contributed by atoms with Gasteiger partial charge < -0.3 is 26.4 Å². The van der Waals surface area contributed by atoms with Crippen LogP contribution in [0.4, 0.5) is 0 Å². The monoisotopic (exact) mass is 446 g/mol. The summed E-state index contributed by atoms with van der Waals surface area (Å²) >= 11 is 0. The molecule has 0 aliphatic carbocycles. The smallest absolute Gasteiger partial charge is 0.222 e. The first kappa shape index (κ1) is 28.9. The van der Waals surface area contributed by atoms with E-state index in [-0.39, 0.29) is 17.0 Å². The number of nitrogens with zero attached hydrogens (tertiary/aromatic N) is 2. The lowest BCUT2D eigenvalue weighted by Crippen LogP contribution is -3.00. The Kier molecular flexibility index (Phi) is 20.3. The van der Waals surface area contributed by atoms with Gasteiger partial charge in [0.1, 0.15) is 0 Å². The van der Waals surface area contributed by atoms with Crippen LogP contribution in [0.25, 0.3) is 0 Å². The minimum absolute atomic E-state index is 0. The fourth-order valence-corrected chi connectivity index (χ4v) is 3.43. The SMILES string of the molecule is C=CC[N+](C)(C)CCCN(C)C(=O)CCCCCCCCCCCCC.[Br-]. The molecular formula is C23H47BrN2O. The molecule has 0 atom stereocenters. The summed E-state index contributed by atoms with van der Waals surface area (Å²) in [5, 5.41) is 0. The quantitative estimate of drug-likeness (QED) is 0.180. The zero-order valence-corrected chi connectivity index (χ0v) is 20.4. The van der Waals surface area contributed by atoms with E-state index in [4.69, 9.17) is 0 Å². The number of amides is 1. The first-order valence-electron chi connectivity index (χ1n) is 11.1. The Morgan fingerprint density at radius 2 is 1.37 bits per heavy atom. The number of hydrogen-bond acceptors (Lipinski definition) is 1. The fourth-order valence-electron chi connectivity index (χ4n) is 3.43. The number of likely N-dealkylation sites (N-methyl/N-ethyl adjacent to an activating group) is 1. The van der Waals surface area contributed by atoms with Gasteiger partial charge in [-0.25, -0.2) is 0 Å². The standard InChI is InChI=1S/C23H47N2O.BrH/c1-6-8-9-10-11-12-13-14-15-16-17-19-23(26)24(3)20-18-22-25(4,5)21-7-2;/h7H,2,6,8-22H2,1,3-5H3;1H/q+1;/p-1. The van der Waals surface area contributed by atoms with E-state index in [9.17, 15) is 4.79 Å². The highest BCUT2D eigenvalue weighted by atomic mass is 79.9. The number of hydrogen-bond donors (Lipinski definition) is 0. The summed E-state index contributed by atoms with van der Waals surface area (Å²) in [6.45, 7) is 9.03. The van der Waals surface area contributed by atoms with E-state index in [1.54, 1.807) is 0 Å². The Balaban J connectivity index is 0. The molecule has 162 valence electrons. The van der Waals surface area contributed by atoms with Crippen LogP contribution >= 0.6 is 0 Å². The van der Waals surface area contributed by atoms with Gasteiger partial charge in [0.15, 0.2) is 0 Å². The van der Waals surface area contributed by atoms with Crippen LogP contribution in [0.1, 0.15) is 90.4 Å². The summed E-state index contributed by atoms with van der Waals surface area (Å²) in [6.07, 6.45) is 18.4. The van der Waals surface area contributed by atoms with E-state index < -0.39 is 0 Å². The zero-order valence-electron chi connectivity index (χ0n) is 18.8. The van der Waals surface area contributed by atoms with Crippen LogP contribution < -0.4 is 17.0 Å². The van der Waals surface area contributed by atoms with Crippen molar-refractivity contribution in [1.82, 2.24) is 4.90 Å². The molecule has 27 heavy (non-hydrogen) atoms. The summed E-state index contributed by atoms with van der Waals surface area (Å²) in [5.74, 6) is 0.315. The molecule has 0 aromatic carbocycles. The molecule has 0 bridgehead atoms. The second-order valence-electron chi connectivity index (χ2n) is 8.58. The number of carbonyl (C=O) groups is 1. The van der Waals surface area contributed by atoms with Gasteiger partial charge in [-0.2, -0.15) is 0 Å². The van der Waals surface area contributed by atoms with Gasteiger partial charge in [-0.15, -0.1) is 0 Å². The Labute approximate surface area is 180 Å². The number of halogens is 1. The van der Waals surface area contributed by atoms with E-state index in [0.29, 0.717) is 5.91 Å². The molecule has 0 N–H and O–H groups in total. The van der Waals surface area contributed by atoms with Gasteiger partial charge in [0, 0.05) is 26.4 Å². The van der Waals surface area contributed by atoms with Crippen molar-refractivity contribution in [2.24, 2.45) is 0 Å². The number of quaternary nitrogens is 1. The molecule has 0 aliphatic rings. The van der Waals surface area contributed by atoms with Crippen molar-refractivity contribution in [2.75, 3.05) is 40.8 Å².